The van der Waals surface area contributed by atoms with Crippen molar-refractivity contribution in [2.45, 2.75) is 26.1 Å². The second kappa shape index (κ2) is 8.72. The molecular formula is C21H22N2O2S. The monoisotopic (exact) mass is 366 g/mol. The van der Waals surface area contributed by atoms with E-state index in [2.05, 4.69) is 17.2 Å². The van der Waals surface area contributed by atoms with E-state index in [1.165, 1.54) is 5.56 Å². The van der Waals surface area contributed by atoms with Gasteiger partial charge in [-0.3, -0.25) is 4.79 Å². The number of carbonyl (C=O) groups is 1. The summed E-state index contributed by atoms with van der Waals surface area (Å²) in [5.74, 6) is 2.52. The van der Waals surface area contributed by atoms with E-state index in [1.54, 1.807) is 11.8 Å². The van der Waals surface area contributed by atoms with Crippen LogP contribution in [-0.2, 0) is 17.1 Å². The summed E-state index contributed by atoms with van der Waals surface area (Å²) < 4.78 is 5.78. The number of hydrogen-bond donors (Lipinski definition) is 1. The molecule has 5 heteroatoms. The summed E-state index contributed by atoms with van der Waals surface area (Å²) in [4.78, 5) is 16.6. The number of aryl methyl sites for hydroxylation is 2. The molecule has 2 aromatic carbocycles. The molecule has 0 saturated heterocycles. The molecule has 0 atom stereocenters. The Balaban J connectivity index is 1.49. The number of amides is 1. The number of nitrogens with one attached hydrogen (secondary N) is 1. The molecular weight excluding hydrogens is 344 g/mol. The highest BCUT2D eigenvalue weighted by atomic mass is 32.2. The first-order valence-corrected chi connectivity index (χ1v) is 9.69. The predicted octanol–water partition coefficient (Wildman–Crippen LogP) is 4.51. The summed E-state index contributed by atoms with van der Waals surface area (Å²) in [6.45, 7) is 4.52. The molecule has 0 fully saturated rings. The summed E-state index contributed by atoms with van der Waals surface area (Å²) in [6.07, 6.45) is 0. The van der Waals surface area contributed by atoms with Crippen LogP contribution in [0.25, 0.3) is 11.5 Å². The molecule has 0 aliphatic rings. The normalized spacial score (nSPS) is 10.7. The van der Waals surface area contributed by atoms with Gasteiger partial charge in [0.15, 0.2) is 0 Å². The molecule has 134 valence electrons. The van der Waals surface area contributed by atoms with Gasteiger partial charge in [-0.1, -0.05) is 48.0 Å². The minimum atomic E-state index is 0.0266. The summed E-state index contributed by atoms with van der Waals surface area (Å²) in [5, 5.41) is 2.93. The van der Waals surface area contributed by atoms with Crippen molar-refractivity contribution in [1.82, 2.24) is 10.3 Å². The minimum Gasteiger partial charge on any atom is -0.441 e. The Kier molecular flexibility index (Phi) is 6.12. The lowest BCUT2D eigenvalue weighted by atomic mass is 10.1. The Morgan fingerprint density at radius 1 is 1.08 bits per heavy atom. The van der Waals surface area contributed by atoms with Gasteiger partial charge >= 0.3 is 0 Å². The number of hydrogen-bond acceptors (Lipinski definition) is 4. The highest BCUT2D eigenvalue weighted by Crippen LogP contribution is 2.24. The fraction of sp³-hybridized carbons (Fsp3) is 0.238. The highest BCUT2D eigenvalue weighted by molar-refractivity contribution is 7.99. The van der Waals surface area contributed by atoms with Crippen molar-refractivity contribution in [2.24, 2.45) is 0 Å². The molecule has 1 amide bonds. The molecule has 0 unspecified atom stereocenters. The van der Waals surface area contributed by atoms with Crippen LogP contribution >= 0.6 is 11.8 Å². The Hall–Kier alpha value is -2.53. The Labute approximate surface area is 158 Å². The summed E-state index contributed by atoms with van der Waals surface area (Å²) in [6, 6.07) is 18.0. The van der Waals surface area contributed by atoms with Crippen molar-refractivity contribution in [3.05, 3.63) is 77.2 Å². The van der Waals surface area contributed by atoms with Crippen LogP contribution in [0.3, 0.4) is 0 Å². The van der Waals surface area contributed by atoms with E-state index < -0.39 is 0 Å². The summed E-state index contributed by atoms with van der Waals surface area (Å²) >= 11 is 1.54. The van der Waals surface area contributed by atoms with Crippen molar-refractivity contribution in [2.75, 3.05) is 5.75 Å². The van der Waals surface area contributed by atoms with E-state index in [4.69, 9.17) is 4.42 Å². The van der Waals surface area contributed by atoms with E-state index in [0.717, 1.165) is 22.6 Å². The van der Waals surface area contributed by atoms with Crippen LogP contribution in [0, 0.1) is 13.8 Å². The highest BCUT2D eigenvalue weighted by Gasteiger charge is 2.12. The molecule has 0 aliphatic carbocycles. The lowest BCUT2D eigenvalue weighted by Crippen LogP contribution is -2.24. The number of benzene rings is 2. The van der Waals surface area contributed by atoms with Crippen LogP contribution in [-0.4, -0.2) is 16.6 Å². The number of rotatable bonds is 7. The van der Waals surface area contributed by atoms with Crippen LogP contribution in [0.2, 0.25) is 0 Å². The lowest BCUT2D eigenvalue weighted by Gasteiger charge is -2.04. The van der Waals surface area contributed by atoms with Gasteiger partial charge in [0.1, 0.15) is 5.76 Å². The molecule has 0 aliphatic heterocycles. The first-order valence-electron chi connectivity index (χ1n) is 8.53. The third kappa shape index (κ3) is 4.99. The van der Waals surface area contributed by atoms with Crippen molar-refractivity contribution in [3.63, 3.8) is 0 Å². The van der Waals surface area contributed by atoms with Gasteiger partial charge in [0.2, 0.25) is 11.8 Å². The number of carbonyl (C=O) groups excluding carboxylic acids is 1. The first-order chi connectivity index (χ1) is 12.6. The topological polar surface area (TPSA) is 55.1 Å². The van der Waals surface area contributed by atoms with E-state index in [-0.39, 0.29) is 5.91 Å². The van der Waals surface area contributed by atoms with Crippen molar-refractivity contribution in [1.29, 1.82) is 0 Å². The predicted molar refractivity (Wildman–Crippen MR) is 106 cm³/mol. The molecule has 1 N–H and O–H groups in total. The van der Waals surface area contributed by atoms with E-state index in [0.29, 0.717) is 23.9 Å². The quantitative estimate of drug-likeness (QED) is 0.668. The molecule has 0 spiro atoms. The van der Waals surface area contributed by atoms with Gasteiger partial charge in [-0.05, 0) is 31.5 Å². The zero-order valence-corrected chi connectivity index (χ0v) is 15.8. The molecule has 26 heavy (non-hydrogen) atoms. The number of aromatic nitrogens is 1. The van der Waals surface area contributed by atoms with Crippen LogP contribution in [0.1, 0.15) is 22.6 Å². The van der Waals surface area contributed by atoms with Crippen LogP contribution in [0.15, 0.2) is 59.0 Å². The van der Waals surface area contributed by atoms with E-state index in [1.807, 2.05) is 61.5 Å². The maximum Gasteiger partial charge on any atom is 0.230 e. The van der Waals surface area contributed by atoms with Crippen molar-refractivity contribution in [3.8, 4) is 11.5 Å². The van der Waals surface area contributed by atoms with Crippen LogP contribution in [0.4, 0.5) is 0 Å². The Morgan fingerprint density at radius 2 is 1.81 bits per heavy atom. The van der Waals surface area contributed by atoms with Gasteiger partial charge in [0.25, 0.3) is 0 Å². The maximum absolute atomic E-state index is 12.0. The fourth-order valence-electron chi connectivity index (χ4n) is 2.47. The standard InChI is InChI=1S/C21H22N2O2S/c1-15-8-10-18(11-9-15)21-23-19(16(2)25-21)13-26-14-20(24)22-12-17-6-4-3-5-7-17/h3-11H,12-14H2,1-2H3,(H,22,24). The molecule has 1 heterocycles. The average Bonchev–Trinajstić information content (AvgIpc) is 3.02. The Morgan fingerprint density at radius 3 is 2.54 bits per heavy atom. The smallest absolute Gasteiger partial charge is 0.230 e. The molecule has 4 nitrogen and oxygen atoms in total. The minimum absolute atomic E-state index is 0.0266. The number of nitrogens with zero attached hydrogens (tertiary/aromatic N) is 1. The third-order valence-corrected chi connectivity index (χ3v) is 4.94. The van der Waals surface area contributed by atoms with Gasteiger partial charge in [-0.2, -0.15) is 0 Å². The second-order valence-electron chi connectivity index (χ2n) is 6.14. The number of thioether (sulfide) groups is 1. The molecule has 3 rings (SSSR count). The van der Waals surface area contributed by atoms with Gasteiger partial charge < -0.3 is 9.73 Å². The summed E-state index contributed by atoms with van der Waals surface area (Å²) in [5.41, 5.74) is 4.16. The van der Waals surface area contributed by atoms with Gasteiger partial charge in [-0.15, -0.1) is 11.8 Å². The first kappa shape index (κ1) is 18.3. The van der Waals surface area contributed by atoms with Crippen LogP contribution < -0.4 is 5.32 Å². The zero-order valence-electron chi connectivity index (χ0n) is 15.0. The molecule has 0 radical (unpaired) electrons. The van der Waals surface area contributed by atoms with Crippen molar-refractivity contribution >= 4 is 17.7 Å². The summed E-state index contributed by atoms with van der Waals surface area (Å²) in [7, 11) is 0. The molecule has 3 aromatic rings. The van der Waals surface area contributed by atoms with E-state index in [9.17, 15) is 4.79 Å². The largest absolute Gasteiger partial charge is 0.441 e. The number of oxazole rings is 1. The van der Waals surface area contributed by atoms with Gasteiger partial charge in [0.05, 0.1) is 11.4 Å². The second-order valence-corrected chi connectivity index (χ2v) is 7.13. The lowest BCUT2D eigenvalue weighted by molar-refractivity contribution is -0.118. The average molecular weight is 366 g/mol. The zero-order chi connectivity index (χ0) is 18.4. The maximum atomic E-state index is 12.0. The molecule has 0 bridgehead atoms. The van der Waals surface area contributed by atoms with Gasteiger partial charge in [0, 0.05) is 17.9 Å². The third-order valence-electron chi connectivity index (χ3n) is 4.00. The van der Waals surface area contributed by atoms with Crippen LogP contribution in [0.5, 0.6) is 0 Å². The Bertz CT molecular complexity index is 857. The van der Waals surface area contributed by atoms with E-state index >= 15 is 0 Å². The fourth-order valence-corrected chi connectivity index (χ4v) is 3.32. The molecule has 1 aromatic heterocycles. The molecule has 0 saturated carbocycles. The van der Waals surface area contributed by atoms with Crippen molar-refractivity contribution < 1.29 is 9.21 Å². The SMILES string of the molecule is Cc1ccc(-c2nc(CSCC(=O)NCc3ccccc3)c(C)o2)cc1. The van der Waals surface area contributed by atoms with Gasteiger partial charge in [-0.25, -0.2) is 4.98 Å².